The lowest BCUT2D eigenvalue weighted by Crippen LogP contribution is -2.44. The van der Waals surface area contributed by atoms with Crippen molar-refractivity contribution in [2.75, 3.05) is 19.7 Å². The maximum Gasteiger partial charge on any atom is 0.254 e. The molecule has 1 heterocycles. The molecule has 1 atom stereocenters. The highest BCUT2D eigenvalue weighted by Gasteiger charge is 2.22. The summed E-state index contributed by atoms with van der Waals surface area (Å²) >= 11 is 5.68. The lowest BCUT2D eigenvalue weighted by Gasteiger charge is -2.31. The van der Waals surface area contributed by atoms with Crippen molar-refractivity contribution in [3.05, 3.63) is 31.8 Å². The molecular weight excluding hydrogens is 397 g/mol. The molecule has 17 heavy (non-hydrogen) atoms. The van der Waals surface area contributed by atoms with Crippen LogP contribution in [0.2, 0.25) is 0 Å². The van der Waals surface area contributed by atoms with E-state index in [1.165, 1.54) is 0 Å². The summed E-state index contributed by atoms with van der Waals surface area (Å²) < 4.78 is 7.50. The molecule has 0 aromatic heterocycles. The van der Waals surface area contributed by atoms with Crippen LogP contribution in [0.15, 0.2) is 22.7 Å². The van der Waals surface area contributed by atoms with E-state index in [2.05, 4.69) is 38.5 Å². The normalized spacial score (nSPS) is 20.4. The number of benzene rings is 1. The van der Waals surface area contributed by atoms with Crippen LogP contribution in [0, 0.1) is 3.57 Å². The summed E-state index contributed by atoms with van der Waals surface area (Å²) in [4.78, 5) is 14.1. The van der Waals surface area contributed by atoms with Gasteiger partial charge in [-0.15, -0.1) is 0 Å². The van der Waals surface area contributed by atoms with Gasteiger partial charge < -0.3 is 9.64 Å². The fourth-order valence-corrected chi connectivity index (χ4v) is 2.53. The zero-order chi connectivity index (χ0) is 12.4. The Morgan fingerprint density at radius 2 is 2.35 bits per heavy atom. The number of carbonyl (C=O) groups excluding carboxylic acids is 1. The maximum atomic E-state index is 12.3. The molecular formula is C12H13BrINO2. The van der Waals surface area contributed by atoms with Gasteiger partial charge in [0.25, 0.3) is 5.91 Å². The summed E-state index contributed by atoms with van der Waals surface area (Å²) in [6.07, 6.45) is 0.125. The number of amides is 1. The second-order valence-electron chi connectivity index (χ2n) is 4.06. The first kappa shape index (κ1) is 13.3. The van der Waals surface area contributed by atoms with E-state index in [0.717, 1.165) is 13.6 Å². The number of hydrogen-bond acceptors (Lipinski definition) is 2. The molecule has 92 valence electrons. The van der Waals surface area contributed by atoms with Gasteiger partial charge in [0.2, 0.25) is 0 Å². The molecule has 0 aliphatic carbocycles. The zero-order valence-electron chi connectivity index (χ0n) is 9.45. The number of hydrogen-bond donors (Lipinski definition) is 0. The molecule has 1 aromatic rings. The van der Waals surface area contributed by atoms with Crippen LogP contribution < -0.4 is 0 Å². The number of rotatable bonds is 1. The minimum absolute atomic E-state index is 0.0808. The van der Waals surface area contributed by atoms with E-state index in [-0.39, 0.29) is 12.0 Å². The molecule has 2 rings (SSSR count). The van der Waals surface area contributed by atoms with E-state index in [9.17, 15) is 4.79 Å². The second-order valence-corrected chi connectivity index (χ2v) is 6.08. The minimum atomic E-state index is 0.0808. The lowest BCUT2D eigenvalue weighted by molar-refractivity contribution is -0.0124. The molecule has 1 fully saturated rings. The first-order valence-corrected chi connectivity index (χ1v) is 7.31. The maximum absolute atomic E-state index is 12.3. The van der Waals surface area contributed by atoms with Gasteiger partial charge >= 0.3 is 0 Å². The van der Waals surface area contributed by atoms with Crippen LogP contribution in [-0.2, 0) is 4.74 Å². The number of nitrogens with zero attached hydrogens (tertiary/aromatic N) is 1. The van der Waals surface area contributed by atoms with Gasteiger partial charge in [-0.05, 0) is 63.6 Å². The Morgan fingerprint density at radius 1 is 1.59 bits per heavy atom. The van der Waals surface area contributed by atoms with Gasteiger partial charge in [-0.2, -0.15) is 0 Å². The summed E-state index contributed by atoms with van der Waals surface area (Å²) in [5.41, 5.74) is 0.728. The van der Waals surface area contributed by atoms with Gasteiger partial charge in [0, 0.05) is 26.7 Å². The summed E-state index contributed by atoms with van der Waals surface area (Å²) in [7, 11) is 0. The highest BCUT2D eigenvalue weighted by Crippen LogP contribution is 2.21. The van der Waals surface area contributed by atoms with Crippen LogP contribution in [0.4, 0.5) is 0 Å². The molecule has 0 unspecified atom stereocenters. The first-order chi connectivity index (χ1) is 8.08. The Kier molecular flexibility index (Phi) is 4.43. The minimum Gasteiger partial charge on any atom is -0.375 e. The Balaban J connectivity index is 2.15. The lowest BCUT2D eigenvalue weighted by atomic mass is 10.2. The zero-order valence-corrected chi connectivity index (χ0v) is 13.2. The van der Waals surface area contributed by atoms with Crippen molar-refractivity contribution in [1.29, 1.82) is 0 Å². The van der Waals surface area contributed by atoms with Gasteiger partial charge in [0.05, 0.1) is 12.7 Å². The standard InChI is InChI=1S/C12H13BrINO2/c1-8-7-15(4-5-17-8)12(16)9-2-3-11(14)10(13)6-9/h2-3,6,8H,4-5,7H2,1H3/t8-/m0/s1. The number of morpholine rings is 1. The third kappa shape index (κ3) is 3.20. The second kappa shape index (κ2) is 5.67. The van der Waals surface area contributed by atoms with E-state index in [4.69, 9.17) is 4.74 Å². The third-order valence-electron chi connectivity index (χ3n) is 2.69. The highest BCUT2D eigenvalue weighted by molar-refractivity contribution is 14.1. The van der Waals surface area contributed by atoms with Gasteiger partial charge in [-0.25, -0.2) is 0 Å². The molecule has 1 aliphatic heterocycles. The van der Waals surface area contributed by atoms with Crippen molar-refractivity contribution in [3.63, 3.8) is 0 Å². The van der Waals surface area contributed by atoms with Crippen molar-refractivity contribution in [2.24, 2.45) is 0 Å². The summed E-state index contributed by atoms with van der Waals surface area (Å²) in [5, 5.41) is 0. The molecule has 0 spiro atoms. The van der Waals surface area contributed by atoms with E-state index in [1.807, 2.05) is 30.0 Å². The molecule has 0 N–H and O–H groups in total. The number of ether oxygens (including phenoxy) is 1. The molecule has 1 saturated heterocycles. The third-order valence-corrected chi connectivity index (χ3v) is 5.03. The fraction of sp³-hybridized carbons (Fsp3) is 0.417. The number of halogens is 2. The van der Waals surface area contributed by atoms with Gasteiger partial charge in [0.1, 0.15) is 0 Å². The molecule has 3 nitrogen and oxygen atoms in total. The van der Waals surface area contributed by atoms with Crippen LogP contribution in [0.25, 0.3) is 0 Å². The molecule has 5 heteroatoms. The van der Waals surface area contributed by atoms with E-state index in [1.54, 1.807) is 0 Å². The molecule has 1 amide bonds. The first-order valence-electron chi connectivity index (χ1n) is 5.44. The number of carbonyl (C=O) groups is 1. The van der Waals surface area contributed by atoms with Gasteiger partial charge in [-0.3, -0.25) is 4.79 Å². The van der Waals surface area contributed by atoms with E-state index in [0.29, 0.717) is 19.7 Å². The monoisotopic (exact) mass is 409 g/mol. The van der Waals surface area contributed by atoms with Crippen LogP contribution in [-0.4, -0.2) is 36.6 Å². The van der Waals surface area contributed by atoms with E-state index >= 15 is 0 Å². The molecule has 0 bridgehead atoms. The smallest absolute Gasteiger partial charge is 0.254 e. The van der Waals surface area contributed by atoms with Crippen molar-refractivity contribution < 1.29 is 9.53 Å². The molecule has 1 aliphatic rings. The highest BCUT2D eigenvalue weighted by atomic mass is 127. The Labute approximate surface area is 123 Å². The van der Waals surface area contributed by atoms with Gasteiger partial charge in [-0.1, -0.05) is 0 Å². The van der Waals surface area contributed by atoms with Crippen molar-refractivity contribution in [2.45, 2.75) is 13.0 Å². The van der Waals surface area contributed by atoms with Crippen molar-refractivity contribution in [1.82, 2.24) is 4.90 Å². The van der Waals surface area contributed by atoms with Crippen LogP contribution in [0.3, 0.4) is 0 Å². The Hall–Kier alpha value is -0.140. The average molecular weight is 410 g/mol. The predicted octanol–water partition coefficient (Wildman–Crippen LogP) is 2.91. The van der Waals surface area contributed by atoms with E-state index < -0.39 is 0 Å². The van der Waals surface area contributed by atoms with Gasteiger partial charge in [0.15, 0.2) is 0 Å². The van der Waals surface area contributed by atoms with Crippen LogP contribution in [0.5, 0.6) is 0 Å². The van der Waals surface area contributed by atoms with Crippen molar-refractivity contribution >= 4 is 44.4 Å². The van der Waals surface area contributed by atoms with Crippen molar-refractivity contribution in [3.8, 4) is 0 Å². The quantitative estimate of drug-likeness (QED) is 0.667. The summed E-state index contributed by atoms with van der Waals surface area (Å²) in [6, 6.07) is 5.70. The molecule has 1 aromatic carbocycles. The Bertz CT molecular complexity index is 439. The summed E-state index contributed by atoms with van der Waals surface area (Å²) in [6.45, 7) is 3.96. The average Bonchev–Trinajstić information content (AvgIpc) is 2.32. The predicted molar refractivity (Wildman–Crippen MR) is 78.2 cm³/mol. The summed E-state index contributed by atoms with van der Waals surface area (Å²) in [5.74, 6) is 0.0808. The SMILES string of the molecule is C[C@H]1CN(C(=O)c2ccc(I)c(Br)c2)CCO1. The fourth-order valence-electron chi connectivity index (χ4n) is 1.81. The Morgan fingerprint density at radius 3 is 3.00 bits per heavy atom. The molecule has 0 saturated carbocycles. The molecule has 0 radical (unpaired) electrons. The van der Waals surface area contributed by atoms with Crippen LogP contribution in [0.1, 0.15) is 17.3 Å². The largest absolute Gasteiger partial charge is 0.375 e. The topological polar surface area (TPSA) is 29.5 Å². The van der Waals surface area contributed by atoms with Crippen LogP contribution >= 0.6 is 38.5 Å².